The van der Waals surface area contributed by atoms with Crippen molar-refractivity contribution in [2.24, 2.45) is 0 Å². The molecule has 3 nitrogen and oxygen atoms in total. The Kier molecular flexibility index (Phi) is 3.70. The highest BCUT2D eigenvalue weighted by atomic mass is 16.3. The lowest BCUT2D eigenvalue weighted by Crippen LogP contribution is -2.39. The van der Waals surface area contributed by atoms with Crippen molar-refractivity contribution < 1.29 is 9.90 Å². The lowest BCUT2D eigenvalue weighted by Gasteiger charge is -2.28. The van der Waals surface area contributed by atoms with Gasteiger partial charge in [-0.1, -0.05) is 30.3 Å². The molecule has 3 heteroatoms. The highest BCUT2D eigenvalue weighted by molar-refractivity contribution is 5.97. The van der Waals surface area contributed by atoms with Gasteiger partial charge < -0.3 is 5.11 Å². The summed E-state index contributed by atoms with van der Waals surface area (Å²) in [4.78, 5) is 14.0. The van der Waals surface area contributed by atoms with Gasteiger partial charge in [0.25, 0.3) is 0 Å². The highest BCUT2D eigenvalue weighted by Crippen LogP contribution is 2.10. The Morgan fingerprint density at radius 2 is 1.88 bits per heavy atom. The number of Topliss-reactive ketones (excluding diaryl/α,β-unsaturated/α-hetero) is 1. The van der Waals surface area contributed by atoms with E-state index in [1.165, 1.54) is 0 Å². The number of aliphatic hydroxyl groups is 1. The number of hydrogen-bond acceptors (Lipinski definition) is 3. The molecule has 1 aromatic carbocycles. The third-order valence-electron chi connectivity index (χ3n) is 3.02. The predicted octanol–water partition coefficient (Wildman–Crippen LogP) is 1.33. The Bertz CT molecular complexity index is 342. The molecule has 16 heavy (non-hydrogen) atoms. The van der Waals surface area contributed by atoms with Crippen molar-refractivity contribution in [2.45, 2.75) is 18.9 Å². The molecule has 1 aromatic rings. The maximum Gasteiger partial charge on any atom is 0.176 e. The second-order valence-electron chi connectivity index (χ2n) is 4.30. The molecule has 2 rings (SSSR count). The highest BCUT2D eigenvalue weighted by Gasteiger charge is 2.19. The second kappa shape index (κ2) is 5.23. The number of ketones is 1. The lowest BCUT2D eigenvalue weighted by molar-refractivity contribution is 0.0711. The van der Waals surface area contributed by atoms with Crippen molar-refractivity contribution in [3.8, 4) is 0 Å². The molecule has 1 heterocycles. The normalized spacial score (nSPS) is 18.6. The van der Waals surface area contributed by atoms with Crippen LogP contribution in [-0.2, 0) is 0 Å². The van der Waals surface area contributed by atoms with Gasteiger partial charge in [-0.3, -0.25) is 9.69 Å². The summed E-state index contributed by atoms with van der Waals surface area (Å²) in [6.45, 7) is 2.11. The molecule has 0 spiro atoms. The minimum absolute atomic E-state index is 0.164. The third-order valence-corrected chi connectivity index (χ3v) is 3.02. The summed E-state index contributed by atoms with van der Waals surface area (Å²) in [5.74, 6) is 0.164. The average Bonchev–Trinajstić information content (AvgIpc) is 2.33. The van der Waals surface area contributed by atoms with Crippen LogP contribution in [0.25, 0.3) is 0 Å². The summed E-state index contributed by atoms with van der Waals surface area (Å²) < 4.78 is 0. The molecular weight excluding hydrogens is 202 g/mol. The Labute approximate surface area is 95.7 Å². The van der Waals surface area contributed by atoms with Gasteiger partial charge in [0.05, 0.1) is 12.6 Å². The van der Waals surface area contributed by atoms with Gasteiger partial charge in [0.2, 0.25) is 0 Å². The molecule has 1 fully saturated rings. The number of benzene rings is 1. The molecular formula is C13H17NO2. The molecule has 1 N–H and O–H groups in total. The van der Waals surface area contributed by atoms with Crippen LogP contribution in [-0.4, -0.2) is 41.5 Å². The van der Waals surface area contributed by atoms with E-state index in [1.54, 1.807) is 0 Å². The van der Waals surface area contributed by atoms with Crippen LogP contribution in [0.4, 0.5) is 0 Å². The van der Waals surface area contributed by atoms with Gasteiger partial charge in [-0.05, 0) is 12.8 Å². The van der Waals surface area contributed by atoms with Crippen molar-refractivity contribution in [3.05, 3.63) is 35.9 Å². The molecule has 0 saturated carbocycles. The SMILES string of the molecule is O=C(CN1CCC(O)CC1)c1ccccc1. The maximum atomic E-state index is 11.9. The van der Waals surface area contributed by atoms with Crippen LogP contribution in [0.15, 0.2) is 30.3 Å². The molecule has 0 unspecified atom stereocenters. The van der Waals surface area contributed by atoms with Crippen molar-refractivity contribution >= 4 is 5.78 Å². The molecule has 1 saturated heterocycles. The fourth-order valence-electron chi connectivity index (χ4n) is 2.00. The first-order valence-corrected chi connectivity index (χ1v) is 5.74. The quantitative estimate of drug-likeness (QED) is 0.780. The topological polar surface area (TPSA) is 40.5 Å². The van der Waals surface area contributed by atoms with E-state index in [1.807, 2.05) is 30.3 Å². The van der Waals surface area contributed by atoms with Crippen molar-refractivity contribution in [1.29, 1.82) is 0 Å². The van der Waals surface area contributed by atoms with Crippen LogP contribution < -0.4 is 0 Å². The van der Waals surface area contributed by atoms with E-state index in [4.69, 9.17) is 0 Å². The fourth-order valence-corrected chi connectivity index (χ4v) is 2.00. The number of carbonyl (C=O) groups excluding carboxylic acids is 1. The first kappa shape index (κ1) is 11.3. The number of piperidine rings is 1. The van der Waals surface area contributed by atoms with Crippen molar-refractivity contribution in [1.82, 2.24) is 4.90 Å². The van der Waals surface area contributed by atoms with Gasteiger partial charge >= 0.3 is 0 Å². The summed E-state index contributed by atoms with van der Waals surface area (Å²) in [5.41, 5.74) is 0.772. The lowest BCUT2D eigenvalue weighted by atomic mass is 10.1. The van der Waals surface area contributed by atoms with E-state index in [0.717, 1.165) is 31.5 Å². The zero-order valence-corrected chi connectivity index (χ0v) is 9.30. The Balaban J connectivity index is 1.88. The summed E-state index contributed by atoms with van der Waals surface area (Å²) in [5, 5.41) is 9.37. The van der Waals surface area contributed by atoms with Gasteiger partial charge in [-0.2, -0.15) is 0 Å². The Hall–Kier alpha value is -1.19. The van der Waals surface area contributed by atoms with Crippen LogP contribution in [0.5, 0.6) is 0 Å². The van der Waals surface area contributed by atoms with Crippen LogP contribution in [0.2, 0.25) is 0 Å². The molecule has 0 bridgehead atoms. The molecule has 0 aliphatic carbocycles. The van der Waals surface area contributed by atoms with Crippen molar-refractivity contribution in [2.75, 3.05) is 19.6 Å². The van der Waals surface area contributed by atoms with Gasteiger partial charge in [-0.15, -0.1) is 0 Å². The van der Waals surface area contributed by atoms with Crippen LogP contribution in [0.1, 0.15) is 23.2 Å². The van der Waals surface area contributed by atoms with Crippen LogP contribution in [0.3, 0.4) is 0 Å². The van der Waals surface area contributed by atoms with Gasteiger partial charge in [0.1, 0.15) is 0 Å². The molecule has 1 aliphatic heterocycles. The van der Waals surface area contributed by atoms with E-state index in [-0.39, 0.29) is 11.9 Å². The predicted molar refractivity (Wildman–Crippen MR) is 62.5 cm³/mol. The number of likely N-dealkylation sites (tertiary alicyclic amines) is 1. The zero-order valence-electron chi connectivity index (χ0n) is 9.30. The smallest absolute Gasteiger partial charge is 0.176 e. The minimum Gasteiger partial charge on any atom is -0.393 e. The van der Waals surface area contributed by atoms with E-state index < -0.39 is 0 Å². The average molecular weight is 219 g/mol. The zero-order chi connectivity index (χ0) is 11.4. The monoisotopic (exact) mass is 219 g/mol. The molecule has 1 aliphatic rings. The standard InChI is InChI=1S/C13H17NO2/c15-12-6-8-14(9-7-12)10-13(16)11-4-2-1-3-5-11/h1-5,12,15H,6-10H2. The van der Waals surface area contributed by atoms with Gasteiger partial charge in [0, 0.05) is 18.7 Å². The molecule has 0 aromatic heterocycles. The molecule has 86 valence electrons. The fraction of sp³-hybridized carbons (Fsp3) is 0.462. The van der Waals surface area contributed by atoms with Gasteiger partial charge in [0.15, 0.2) is 5.78 Å². The van der Waals surface area contributed by atoms with Crippen molar-refractivity contribution in [3.63, 3.8) is 0 Å². The second-order valence-corrected chi connectivity index (χ2v) is 4.30. The first-order chi connectivity index (χ1) is 7.75. The maximum absolute atomic E-state index is 11.9. The largest absolute Gasteiger partial charge is 0.393 e. The van der Waals surface area contributed by atoms with Crippen LogP contribution in [0, 0.1) is 0 Å². The third kappa shape index (κ3) is 2.90. The summed E-state index contributed by atoms with van der Waals surface area (Å²) in [6.07, 6.45) is 1.38. The Morgan fingerprint density at radius 1 is 1.25 bits per heavy atom. The van der Waals surface area contributed by atoms with E-state index >= 15 is 0 Å². The summed E-state index contributed by atoms with van der Waals surface area (Å²) in [7, 11) is 0. The van der Waals surface area contributed by atoms with Gasteiger partial charge in [-0.25, -0.2) is 0 Å². The van der Waals surface area contributed by atoms with E-state index in [0.29, 0.717) is 6.54 Å². The number of aliphatic hydroxyl groups excluding tert-OH is 1. The number of rotatable bonds is 3. The summed E-state index contributed by atoms with van der Waals surface area (Å²) in [6, 6.07) is 9.37. The first-order valence-electron chi connectivity index (χ1n) is 5.74. The molecule has 0 amide bonds. The molecule has 0 atom stereocenters. The molecule has 0 radical (unpaired) electrons. The minimum atomic E-state index is -0.178. The van der Waals surface area contributed by atoms with E-state index in [2.05, 4.69) is 4.90 Å². The Morgan fingerprint density at radius 3 is 2.50 bits per heavy atom. The number of hydrogen-bond donors (Lipinski definition) is 1. The number of carbonyl (C=O) groups is 1. The van der Waals surface area contributed by atoms with E-state index in [9.17, 15) is 9.90 Å². The summed E-state index contributed by atoms with van der Waals surface area (Å²) >= 11 is 0. The number of nitrogens with zero attached hydrogens (tertiary/aromatic N) is 1. The van der Waals surface area contributed by atoms with Crippen LogP contribution >= 0.6 is 0 Å².